The van der Waals surface area contributed by atoms with Gasteiger partial charge in [-0.05, 0) is 37.8 Å². The van der Waals surface area contributed by atoms with Gasteiger partial charge in [-0.3, -0.25) is 9.69 Å². The molecule has 1 fully saturated rings. The average molecular weight is 293 g/mol. The highest BCUT2D eigenvalue weighted by atomic mass is 19.1. The van der Waals surface area contributed by atoms with Crippen molar-refractivity contribution in [3.8, 4) is 0 Å². The van der Waals surface area contributed by atoms with Crippen LogP contribution in [0.2, 0.25) is 0 Å². The monoisotopic (exact) mass is 293 g/mol. The first-order valence-corrected chi connectivity index (χ1v) is 7.76. The summed E-state index contributed by atoms with van der Waals surface area (Å²) in [6.07, 6.45) is 4.75. The first-order valence-electron chi connectivity index (χ1n) is 7.76. The summed E-state index contributed by atoms with van der Waals surface area (Å²) in [5, 5.41) is 8.96. The van der Waals surface area contributed by atoms with Crippen LogP contribution in [0.5, 0.6) is 0 Å². The summed E-state index contributed by atoms with van der Waals surface area (Å²) in [5.41, 5.74) is 1.01. The lowest BCUT2D eigenvalue weighted by atomic mass is 9.91. The van der Waals surface area contributed by atoms with Gasteiger partial charge in [-0.15, -0.1) is 0 Å². The van der Waals surface area contributed by atoms with E-state index in [0.29, 0.717) is 30.1 Å². The number of carbonyl (C=O) groups excluding carboxylic acids is 1. The van der Waals surface area contributed by atoms with Gasteiger partial charge >= 0.3 is 0 Å². The number of hydrogen-bond acceptors (Lipinski definition) is 3. The van der Waals surface area contributed by atoms with E-state index in [1.54, 1.807) is 19.1 Å². The van der Waals surface area contributed by atoms with Crippen molar-refractivity contribution in [2.24, 2.45) is 0 Å². The van der Waals surface area contributed by atoms with Crippen LogP contribution in [0, 0.1) is 12.7 Å². The third kappa shape index (κ3) is 4.35. The minimum atomic E-state index is -0.322. The number of aryl methyl sites for hydroxylation is 1. The maximum absolute atomic E-state index is 13.5. The Morgan fingerprint density at radius 1 is 1.38 bits per heavy atom. The fraction of sp³-hybridized carbons (Fsp3) is 0.588. The second-order valence-electron chi connectivity index (χ2n) is 5.83. The third-order valence-electron chi connectivity index (χ3n) is 4.31. The maximum atomic E-state index is 13.5. The van der Waals surface area contributed by atoms with Crippen molar-refractivity contribution in [3.63, 3.8) is 0 Å². The van der Waals surface area contributed by atoms with E-state index in [1.165, 1.54) is 25.3 Å². The van der Waals surface area contributed by atoms with Gasteiger partial charge in [0, 0.05) is 37.7 Å². The minimum Gasteiger partial charge on any atom is -0.396 e. The van der Waals surface area contributed by atoms with Gasteiger partial charge < -0.3 is 5.11 Å². The summed E-state index contributed by atoms with van der Waals surface area (Å²) in [5.74, 6) is -0.334. The fourth-order valence-electron chi connectivity index (χ4n) is 2.66. The van der Waals surface area contributed by atoms with Crippen LogP contribution in [0.25, 0.3) is 0 Å². The number of aliphatic hydroxyl groups is 1. The van der Waals surface area contributed by atoms with Crippen LogP contribution in [0.15, 0.2) is 18.2 Å². The van der Waals surface area contributed by atoms with Crippen LogP contribution in [0.4, 0.5) is 4.39 Å². The van der Waals surface area contributed by atoms with Crippen molar-refractivity contribution in [1.82, 2.24) is 4.90 Å². The number of aliphatic hydroxyl groups excluding tert-OH is 1. The van der Waals surface area contributed by atoms with Crippen LogP contribution in [0.1, 0.15) is 48.0 Å². The number of ketones is 1. The standard InChI is InChI=1S/C17H24FNO2/c1-13-6-7-14(12-16(13)18)17(21)8-10-19(9-3-11-20)15-4-2-5-15/h6-7,12,15,20H,2-5,8-11H2,1H3. The first kappa shape index (κ1) is 16.1. The van der Waals surface area contributed by atoms with Crippen LogP contribution >= 0.6 is 0 Å². The smallest absolute Gasteiger partial charge is 0.164 e. The summed E-state index contributed by atoms with van der Waals surface area (Å²) in [7, 11) is 0. The van der Waals surface area contributed by atoms with E-state index in [0.717, 1.165) is 13.0 Å². The molecule has 0 heterocycles. The Labute approximate surface area is 125 Å². The molecule has 1 aromatic rings. The Kier molecular flexibility index (Phi) is 5.88. The van der Waals surface area contributed by atoms with Crippen LogP contribution in [-0.4, -0.2) is 41.5 Å². The number of hydrogen-bond donors (Lipinski definition) is 1. The summed E-state index contributed by atoms with van der Waals surface area (Å²) in [4.78, 5) is 14.5. The molecule has 1 aliphatic carbocycles. The Morgan fingerprint density at radius 2 is 2.14 bits per heavy atom. The van der Waals surface area contributed by atoms with E-state index in [9.17, 15) is 9.18 Å². The van der Waals surface area contributed by atoms with E-state index in [4.69, 9.17) is 5.11 Å². The van der Waals surface area contributed by atoms with Gasteiger partial charge in [0.15, 0.2) is 5.78 Å². The lowest BCUT2D eigenvalue weighted by Crippen LogP contribution is -2.42. The van der Waals surface area contributed by atoms with Crippen molar-refractivity contribution < 1.29 is 14.3 Å². The zero-order valence-electron chi connectivity index (χ0n) is 12.6. The van der Waals surface area contributed by atoms with E-state index in [1.807, 2.05) is 0 Å². The lowest BCUT2D eigenvalue weighted by molar-refractivity contribution is 0.0887. The highest BCUT2D eigenvalue weighted by Crippen LogP contribution is 2.25. The fourth-order valence-corrected chi connectivity index (χ4v) is 2.66. The summed E-state index contributed by atoms with van der Waals surface area (Å²) in [6.45, 7) is 3.40. The van der Waals surface area contributed by atoms with Crippen LogP contribution < -0.4 is 0 Å². The molecule has 1 N–H and O–H groups in total. The Balaban J connectivity index is 1.89. The molecule has 4 heteroatoms. The average Bonchev–Trinajstić information content (AvgIpc) is 2.42. The minimum absolute atomic E-state index is 0.0118. The predicted octanol–water partition coefficient (Wildman–Crippen LogP) is 2.94. The van der Waals surface area contributed by atoms with Crippen molar-refractivity contribution >= 4 is 5.78 Å². The largest absolute Gasteiger partial charge is 0.396 e. The van der Waals surface area contributed by atoms with Crippen LogP contribution in [0.3, 0.4) is 0 Å². The molecule has 0 radical (unpaired) electrons. The molecule has 0 amide bonds. The van der Waals surface area contributed by atoms with Gasteiger partial charge in [-0.2, -0.15) is 0 Å². The molecule has 0 saturated heterocycles. The second kappa shape index (κ2) is 7.66. The molecular formula is C17H24FNO2. The van der Waals surface area contributed by atoms with Crippen molar-refractivity contribution in [2.45, 2.75) is 45.1 Å². The molecule has 1 aliphatic rings. The summed E-state index contributed by atoms with van der Waals surface area (Å²) >= 11 is 0. The number of Topliss-reactive ketones (excluding diaryl/α,β-unsaturated/α-hetero) is 1. The molecule has 3 nitrogen and oxygen atoms in total. The van der Waals surface area contributed by atoms with Crippen molar-refractivity contribution in [1.29, 1.82) is 0 Å². The van der Waals surface area contributed by atoms with Gasteiger partial charge in [0.05, 0.1) is 0 Å². The van der Waals surface area contributed by atoms with Gasteiger partial charge in [0.2, 0.25) is 0 Å². The van der Waals surface area contributed by atoms with E-state index < -0.39 is 0 Å². The number of nitrogens with zero attached hydrogens (tertiary/aromatic N) is 1. The Hall–Kier alpha value is -1.26. The highest BCUT2D eigenvalue weighted by Gasteiger charge is 2.24. The molecule has 2 rings (SSSR count). The lowest BCUT2D eigenvalue weighted by Gasteiger charge is -2.37. The Bertz CT molecular complexity index is 486. The number of rotatable bonds is 8. The topological polar surface area (TPSA) is 40.5 Å². The molecule has 0 bridgehead atoms. The molecule has 0 unspecified atom stereocenters. The van der Waals surface area contributed by atoms with Crippen LogP contribution in [-0.2, 0) is 0 Å². The van der Waals surface area contributed by atoms with Crippen molar-refractivity contribution in [2.75, 3.05) is 19.7 Å². The highest BCUT2D eigenvalue weighted by molar-refractivity contribution is 5.96. The molecule has 0 aliphatic heterocycles. The number of carbonyl (C=O) groups is 1. The molecule has 0 atom stereocenters. The number of halogens is 1. The Morgan fingerprint density at radius 3 is 2.71 bits per heavy atom. The second-order valence-corrected chi connectivity index (χ2v) is 5.83. The normalized spacial score (nSPS) is 15.2. The van der Waals surface area contributed by atoms with Crippen molar-refractivity contribution in [3.05, 3.63) is 35.1 Å². The third-order valence-corrected chi connectivity index (χ3v) is 4.31. The van der Waals surface area contributed by atoms with Gasteiger partial charge in [0.1, 0.15) is 5.82 Å². The van der Waals surface area contributed by atoms with E-state index in [2.05, 4.69) is 4.90 Å². The zero-order chi connectivity index (χ0) is 15.2. The molecule has 0 spiro atoms. The molecule has 116 valence electrons. The first-order chi connectivity index (χ1) is 10.1. The molecule has 0 aromatic heterocycles. The molecular weight excluding hydrogens is 269 g/mol. The summed E-state index contributed by atoms with van der Waals surface area (Å²) < 4.78 is 13.5. The van der Waals surface area contributed by atoms with Gasteiger partial charge in [-0.1, -0.05) is 18.6 Å². The number of benzene rings is 1. The SMILES string of the molecule is Cc1ccc(C(=O)CCN(CCCO)C2CCC2)cc1F. The zero-order valence-corrected chi connectivity index (χ0v) is 12.6. The molecule has 1 aromatic carbocycles. The van der Waals surface area contributed by atoms with E-state index in [-0.39, 0.29) is 18.2 Å². The molecule has 21 heavy (non-hydrogen) atoms. The van der Waals surface area contributed by atoms with Gasteiger partial charge in [-0.25, -0.2) is 4.39 Å². The molecule has 1 saturated carbocycles. The summed E-state index contributed by atoms with van der Waals surface area (Å²) in [6, 6.07) is 5.23. The quantitative estimate of drug-likeness (QED) is 0.749. The predicted molar refractivity (Wildman–Crippen MR) is 81.0 cm³/mol. The van der Waals surface area contributed by atoms with Gasteiger partial charge in [0.25, 0.3) is 0 Å². The van der Waals surface area contributed by atoms with E-state index >= 15 is 0 Å². The maximum Gasteiger partial charge on any atom is 0.164 e.